The van der Waals surface area contributed by atoms with Gasteiger partial charge in [0.1, 0.15) is 19.3 Å². The summed E-state index contributed by atoms with van der Waals surface area (Å²) in [5.41, 5.74) is 1.87. The zero-order valence-corrected chi connectivity index (χ0v) is 16.9. The molecule has 0 radical (unpaired) electrons. The number of rotatable bonds is 8. The van der Waals surface area contributed by atoms with E-state index in [4.69, 9.17) is 9.47 Å². The lowest BCUT2D eigenvalue weighted by atomic mass is 10.0. The number of hydrogen-bond donors (Lipinski definition) is 2. The first-order chi connectivity index (χ1) is 14.0. The van der Waals surface area contributed by atoms with Crippen LogP contribution in [0.3, 0.4) is 0 Å². The van der Waals surface area contributed by atoms with Gasteiger partial charge in [0.2, 0.25) is 11.8 Å². The van der Waals surface area contributed by atoms with Gasteiger partial charge in [-0.25, -0.2) is 0 Å². The number of carbonyl (C=O) groups excluding carboxylic acids is 2. The maximum Gasteiger partial charge on any atom is 0.247 e. The van der Waals surface area contributed by atoms with E-state index in [0.29, 0.717) is 26.1 Å². The summed E-state index contributed by atoms with van der Waals surface area (Å²) in [5.74, 6) is 1.17. The van der Waals surface area contributed by atoms with Gasteiger partial charge in [0, 0.05) is 12.5 Å². The van der Waals surface area contributed by atoms with Crippen molar-refractivity contribution >= 4 is 11.8 Å². The van der Waals surface area contributed by atoms with Crippen LogP contribution in [0.2, 0.25) is 0 Å². The van der Waals surface area contributed by atoms with Gasteiger partial charge in [-0.2, -0.15) is 0 Å². The third kappa shape index (κ3) is 5.98. The van der Waals surface area contributed by atoms with Crippen LogP contribution in [0, 0.1) is 0 Å². The second kappa shape index (κ2) is 9.96. The average molecular weight is 396 g/mol. The van der Waals surface area contributed by atoms with Crippen molar-refractivity contribution in [3.05, 3.63) is 59.7 Å². The molecular formula is C23H28N2O4. The van der Waals surface area contributed by atoms with E-state index in [0.717, 1.165) is 29.0 Å². The minimum absolute atomic E-state index is 0.000761. The number of amides is 2. The zero-order chi connectivity index (χ0) is 20.6. The number of carbonyl (C=O) groups is 2. The molecule has 1 heterocycles. The molecule has 2 aromatic rings. The monoisotopic (exact) mass is 396 g/mol. The van der Waals surface area contributed by atoms with Crippen LogP contribution in [0.5, 0.6) is 11.5 Å². The topological polar surface area (TPSA) is 76.7 Å². The van der Waals surface area contributed by atoms with Crippen molar-refractivity contribution in [1.29, 1.82) is 0 Å². The highest BCUT2D eigenvalue weighted by molar-refractivity contribution is 5.88. The largest absolute Gasteiger partial charge is 0.486 e. The van der Waals surface area contributed by atoms with Crippen LogP contribution in [0.25, 0.3) is 0 Å². The molecule has 0 aromatic heterocycles. The summed E-state index contributed by atoms with van der Waals surface area (Å²) < 4.78 is 11.1. The minimum atomic E-state index is -0.694. The van der Waals surface area contributed by atoms with Crippen molar-refractivity contribution in [3.8, 4) is 11.5 Å². The van der Waals surface area contributed by atoms with Gasteiger partial charge in [-0.05, 0) is 49.9 Å². The summed E-state index contributed by atoms with van der Waals surface area (Å²) in [6, 6.07) is 14.5. The predicted octanol–water partition coefficient (Wildman–Crippen LogP) is 3.16. The molecule has 0 aliphatic carbocycles. The van der Waals surface area contributed by atoms with Crippen molar-refractivity contribution in [2.24, 2.45) is 0 Å². The molecule has 0 saturated heterocycles. The van der Waals surface area contributed by atoms with Crippen LogP contribution in [0.4, 0.5) is 0 Å². The van der Waals surface area contributed by atoms with E-state index in [2.05, 4.69) is 10.6 Å². The van der Waals surface area contributed by atoms with Crippen LogP contribution in [-0.2, 0) is 16.0 Å². The molecular weight excluding hydrogens is 368 g/mol. The third-order valence-corrected chi connectivity index (χ3v) is 4.61. The van der Waals surface area contributed by atoms with E-state index < -0.39 is 6.04 Å². The van der Waals surface area contributed by atoms with Crippen molar-refractivity contribution in [1.82, 2.24) is 10.6 Å². The highest BCUT2D eigenvalue weighted by Crippen LogP contribution is 2.31. The Labute approximate surface area is 171 Å². The van der Waals surface area contributed by atoms with E-state index in [-0.39, 0.29) is 17.9 Å². The SMILES string of the molecule is CC(C)NC(=O)[C@@H](NC(=O)CCCc1ccc2c(c1)OCCO2)c1ccccc1. The molecule has 1 aliphatic heterocycles. The molecule has 3 rings (SSSR count). The minimum Gasteiger partial charge on any atom is -0.486 e. The summed E-state index contributed by atoms with van der Waals surface area (Å²) in [5, 5.41) is 5.76. The third-order valence-electron chi connectivity index (χ3n) is 4.61. The molecule has 2 N–H and O–H groups in total. The second-order valence-corrected chi connectivity index (χ2v) is 7.41. The highest BCUT2D eigenvalue weighted by Gasteiger charge is 2.23. The Morgan fingerprint density at radius 3 is 2.41 bits per heavy atom. The van der Waals surface area contributed by atoms with Crippen molar-refractivity contribution in [3.63, 3.8) is 0 Å². The van der Waals surface area contributed by atoms with E-state index in [1.165, 1.54) is 0 Å². The fourth-order valence-corrected chi connectivity index (χ4v) is 3.24. The molecule has 6 nitrogen and oxygen atoms in total. The molecule has 154 valence electrons. The number of ether oxygens (including phenoxy) is 2. The Morgan fingerprint density at radius 1 is 0.966 bits per heavy atom. The molecule has 6 heteroatoms. The molecule has 29 heavy (non-hydrogen) atoms. The molecule has 2 amide bonds. The predicted molar refractivity (Wildman–Crippen MR) is 111 cm³/mol. The van der Waals surface area contributed by atoms with Gasteiger partial charge in [-0.15, -0.1) is 0 Å². The average Bonchev–Trinajstić information content (AvgIpc) is 2.72. The Morgan fingerprint density at radius 2 is 1.69 bits per heavy atom. The first kappa shape index (κ1) is 20.7. The fraction of sp³-hybridized carbons (Fsp3) is 0.391. The van der Waals surface area contributed by atoms with Crippen LogP contribution in [0.1, 0.15) is 43.9 Å². The maximum absolute atomic E-state index is 12.6. The maximum atomic E-state index is 12.6. The smallest absolute Gasteiger partial charge is 0.247 e. The Kier molecular flexibility index (Phi) is 7.11. The van der Waals surface area contributed by atoms with Gasteiger partial charge in [-0.3, -0.25) is 9.59 Å². The van der Waals surface area contributed by atoms with Gasteiger partial charge < -0.3 is 20.1 Å². The second-order valence-electron chi connectivity index (χ2n) is 7.41. The fourth-order valence-electron chi connectivity index (χ4n) is 3.24. The number of hydrogen-bond acceptors (Lipinski definition) is 4. The van der Waals surface area contributed by atoms with Gasteiger partial charge in [0.05, 0.1) is 0 Å². The molecule has 1 atom stereocenters. The molecule has 2 aromatic carbocycles. The Bertz CT molecular complexity index is 836. The van der Waals surface area contributed by atoms with Gasteiger partial charge in [-0.1, -0.05) is 36.4 Å². The van der Waals surface area contributed by atoms with Crippen LogP contribution in [-0.4, -0.2) is 31.1 Å². The quantitative estimate of drug-likeness (QED) is 0.719. The van der Waals surface area contributed by atoms with Crippen LogP contribution in [0.15, 0.2) is 48.5 Å². The molecule has 0 fully saturated rings. The highest BCUT2D eigenvalue weighted by atomic mass is 16.6. The van der Waals surface area contributed by atoms with Crippen molar-refractivity contribution < 1.29 is 19.1 Å². The number of nitrogens with one attached hydrogen (secondary N) is 2. The lowest BCUT2D eigenvalue weighted by Gasteiger charge is -2.20. The molecule has 0 saturated carbocycles. The van der Waals surface area contributed by atoms with Crippen LogP contribution >= 0.6 is 0 Å². The lowest BCUT2D eigenvalue weighted by molar-refractivity contribution is -0.129. The van der Waals surface area contributed by atoms with Crippen LogP contribution < -0.4 is 20.1 Å². The molecule has 0 bridgehead atoms. The van der Waals surface area contributed by atoms with E-state index in [1.54, 1.807) is 0 Å². The first-order valence-corrected chi connectivity index (χ1v) is 10.1. The van der Waals surface area contributed by atoms with Gasteiger partial charge in [0.15, 0.2) is 11.5 Å². The molecule has 0 spiro atoms. The summed E-state index contributed by atoms with van der Waals surface area (Å²) in [4.78, 5) is 25.1. The summed E-state index contributed by atoms with van der Waals surface area (Å²) in [7, 11) is 0. The Balaban J connectivity index is 1.55. The number of benzene rings is 2. The van der Waals surface area contributed by atoms with Gasteiger partial charge >= 0.3 is 0 Å². The molecule has 0 unspecified atom stereocenters. The number of fused-ring (bicyclic) bond motifs is 1. The van der Waals surface area contributed by atoms with Gasteiger partial charge in [0.25, 0.3) is 0 Å². The van der Waals surface area contributed by atoms with Crippen molar-refractivity contribution in [2.45, 2.75) is 45.2 Å². The summed E-state index contributed by atoms with van der Waals surface area (Å²) >= 11 is 0. The standard InChI is InChI=1S/C23H28N2O4/c1-16(2)24-23(27)22(18-8-4-3-5-9-18)25-21(26)10-6-7-17-11-12-19-20(15-17)29-14-13-28-19/h3-5,8-9,11-12,15-16,22H,6-7,10,13-14H2,1-2H3,(H,24,27)(H,25,26)/t22-/m0/s1. The first-order valence-electron chi connectivity index (χ1n) is 10.1. The van der Waals surface area contributed by atoms with E-state index in [9.17, 15) is 9.59 Å². The molecule has 1 aliphatic rings. The Hall–Kier alpha value is -3.02. The number of aryl methyl sites for hydroxylation is 1. The van der Waals surface area contributed by atoms with Crippen molar-refractivity contribution in [2.75, 3.05) is 13.2 Å². The van der Waals surface area contributed by atoms with E-state index >= 15 is 0 Å². The lowest BCUT2D eigenvalue weighted by Crippen LogP contribution is -2.42. The normalized spacial score (nSPS) is 13.6. The van der Waals surface area contributed by atoms with E-state index in [1.807, 2.05) is 62.4 Å². The summed E-state index contributed by atoms with van der Waals surface area (Å²) in [6.07, 6.45) is 1.77. The summed E-state index contributed by atoms with van der Waals surface area (Å²) in [6.45, 7) is 4.92. The zero-order valence-electron chi connectivity index (χ0n) is 16.9.